The summed E-state index contributed by atoms with van der Waals surface area (Å²) in [5.74, 6) is 0.935. The number of ether oxygens (including phenoxy) is 1. The lowest BCUT2D eigenvalue weighted by atomic mass is 9.79. The lowest BCUT2D eigenvalue weighted by Gasteiger charge is -2.40. The maximum absolute atomic E-state index is 5.27. The number of rotatable bonds is 5. The zero-order valence-corrected chi connectivity index (χ0v) is 16.0. The summed E-state index contributed by atoms with van der Waals surface area (Å²) >= 11 is 0. The molecule has 2 aliphatic heterocycles. The molecule has 0 amide bonds. The molecule has 4 rings (SSSR count). The molecule has 1 atom stereocenters. The highest BCUT2D eigenvalue weighted by Crippen LogP contribution is 2.39. The van der Waals surface area contributed by atoms with Crippen LogP contribution in [0.15, 0.2) is 36.7 Å². The van der Waals surface area contributed by atoms with Crippen LogP contribution in [0.1, 0.15) is 30.4 Å². The first-order chi connectivity index (χ1) is 12.6. The summed E-state index contributed by atoms with van der Waals surface area (Å²) in [7, 11) is 3.72. The van der Waals surface area contributed by atoms with Gasteiger partial charge in [0.25, 0.3) is 0 Å². The molecule has 1 aromatic heterocycles. The number of aryl methyl sites for hydroxylation is 1. The summed E-state index contributed by atoms with van der Waals surface area (Å²) in [5, 5.41) is 4.32. The molecule has 2 saturated heterocycles. The third-order valence-electron chi connectivity index (χ3n) is 5.99. The Bertz CT molecular complexity index is 726. The lowest BCUT2D eigenvalue weighted by Crippen LogP contribution is -2.44. The van der Waals surface area contributed by atoms with Crippen LogP contribution in [0.3, 0.4) is 0 Å². The Morgan fingerprint density at radius 1 is 1.00 bits per heavy atom. The van der Waals surface area contributed by atoms with Crippen LogP contribution in [-0.2, 0) is 20.1 Å². The van der Waals surface area contributed by atoms with E-state index in [4.69, 9.17) is 4.74 Å². The highest BCUT2D eigenvalue weighted by atomic mass is 16.5. The number of piperidine rings is 1. The van der Waals surface area contributed by atoms with E-state index in [1.54, 1.807) is 7.11 Å². The van der Waals surface area contributed by atoms with Crippen molar-refractivity contribution in [3.8, 4) is 5.75 Å². The van der Waals surface area contributed by atoms with Gasteiger partial charge in [0, 0.05) is 45.0 Å². The topological polar surface area (TPSA) is 33.5 Å². The Labute approximate surface area is 156 Å². The molecule has 140 valence electrons. The van der Waals surface area contributed by atoms with Crippen molar-refractivity contribution in [3.63, 3.8) is 0 Å². The van der Waals surface area contributed by atoms with Crippen molar-refractivity contribution in [2.45, 2.75) is 32.4 Å². The average Bonchev–Trinajstić information content (AvgIpc) is 3.22. The molecule has 0 aliphatic carbocycles. The third kappa shape index (κ3) is 3.94. The molecule has 3 heterocycles. The number of likely N-dealkylation sites (tertiary alicyclic amines) is 2. The maximum Gasteiger partial charge on any atom is 0.118 e. The van der Waals surface area contributed by atoms with Gasteiger partial charge >= 0.3 is 0 Å². The van der Waals surface area contributed by atoms with E-state index in [0.717, 1.165) is 18.8 Å². The molecule has 2 fully saturated rings. The predicted octanol–water partition coefficient (Wildman–Crippen LogP) is 2.92. The molecule has 1 spiro atoms. The molecule has 0 saturated carbocycles. The largest absolute Gasteiger partial charge is 0.497 e. The van der Waals surface area contributed by atoms with E-state index in [1.165, 1.54) is 56.6 Å². The van der Waals surface area contributed by atoms with Gasteiger partial charge in [0.1, 0.15) is 5.75 Å². The first kappa shape index (κ1) is 17.6. The minimum Gasteiger partial charge on any atom is -0.497 e. The first-order valence-electron chi connectivity index (χ1n) is 9.69. The molecule has 0 N–H and O–H groups in total. The molecule has 2 aliphatic rings. The molecular formula is C21H30N4O. The Morgan fingerprint density at radius 3 is 2.42 bits per heavy atom. The van der Waals surface area contributed by atoms with Gasteiger partial charge in [0.15, 0.2) is 0 Å². The zero-order valence-electron chi connectivity index (χ0n) is 16.0. The molecule has 1 aromatic carbocycles. The SMILES string of the molecule is COc1ccc(CN2CC[C@]3(CCCN(Cc4cnn(C)c4)C3)C2)cc1. The first-order valence-corrected chi connectivity index (χ1v) is 9.69. The fourth-order valence-electron chi connectivity index (χ4n) is 4.74. The second kappa shape index (κ2) is 7.41. The number of aromatic nitrogens is 2. The Morgan fingerprint density at radius 2 is 1.73 bits per heavy atom. The van der Waals surface area contributed by atoms with Crippen molar-refractivity contribution in [1.29, 1.82) is 0 Å². The summed E-state index contributed by atoms with van der Waals surface area (Å²) in [6, 6.07) is 8.52. The summed E-state index contributed by atoms with van der Waals surface area (Å²) in [6.45, 7) is 6.97. The second-order valence-corrected chi connectivity index (χ2v) is 8.15. The second-order valence-electron chi connectivity index (χ2n) is 8.15. The monoisotopic (exact) mass is 354 g/mol. The van der Waals surface area contributed by atoms with E-state index in [-0.39, 0.29) is 0 Å². The summed E-state index contributed by atoms with van der Waals surface area (Å²) < 4.78 is 7.17. The molecule has 0 unspecified atom stereocenters. The number of hydrogen-bond donors (Lipinski definition) is 0. The van der Waals surface area contributed by atoms with E-state index < -0.39 is 0 Å². The standard InChI is InChI=1S/C21H30N4O/c1-23-13-19(12-22-23)15-24-10-3-8-21(16-24)9-11-25(17-21)14-18-4-6-20(26-2)7-5-18/h4-7,12-13H,3,8-11,14-17H2,1-2H3/t21-/m0/s1. The van der Waals surface area contributed by atoms with Gasteiger partial charge in [-0.2, -0.15) is 5.10 Å². The van der Waals surface area contributed by atoms with Gasteiger partial charge in [0.05, 0.1) is 13.3 Å². The van der Waals surface area contributed by atoms with Crippen molar-refractivity contribution >= 4 is 0 Å². The molecular weight excluding hydrogens is 324 g/mol. The molecule has 0 bridgehead atoms. The minimum atomic E-state index is 0.479. The van der Waals surface area contributed by atoms with Crippen LogP contribution in [0.5, 0.6) is 5.75 Å². The Kier molecular flexibility index (Phi) is 5.00. The van der Waals surface area contributed by atoms with Crippen molar-refractivity contribution in [3.05, 3.63) is 47.8 Å². The fraction of sp³-hybridized carbons (Fsp3) is 0.571. The van der Waals surface area contributed by atoms with Crippen LogP contribution < -0.4 is 4.74 Å². The molecule has 0 radical (unpaired) electrons. The molecule has 5 nitrogen and oxygen atoms in total. The smallest absolute Gasteiger partial charge is 0.118 e. The summed E-state index contributed by atoms with van der Waals surface area (Å²) in [5.41, 5.74) is 3.19. The highest BCUT2D eigenvalue weighted by Gasteiger charge is 2.41. The van der Waals surface area contributed by atoms with Crippen LogP contribution in [-0.4, -0.2) is 52.9 Å². The number of benzene rings is 1. The summed E-state index contributed by atoms with van der Waals surface area (Å²) in [4.78, 5) is 5.27. The van der Waals surface area contributed by atoms with Gasteiger partial charge in [-0.15, -0.1) is 0 Å². The zero-order chi connectivity index (χ0) is 18.0. The third-order valence-corrected chi connectivity index (χ3v) is 5.99. The quantitative estimate of drug-likeness (QED) is 0.827. The van der Waals surface area contributed by atoms with E-state index in [9.17, 15) is 0 Å². The average molecular weight is 354 g/mol. The fourth-order valence-corrected chi connectivity index (χ4v) is 4.74. The Hall–Kier alpha value is -1.85. The summed E-state index contributed by atoms with van der Waals surface area (Å²) in [6.07, 6.45) is 8.16. The maximum atomic E-state index is 5.27. The molecule has 2 aromatic rings. The van der Waals surface area contributed by atoms with E-state index >= 15 is 0 Å². The minimum absolute atomic E-state index is 0.479. The predicted molar refractivity (Wildman–Crippen MR) is 103 cm³/mol. The normalized spacial score (nSPS) is 24.4. The molecule has 5 heteroatoms. The van der Waals surface area contributed by atoms with E-state index in [1.807, 2.05) is 17.9 Å². The highest BCUT2D eigenvalue weighted by molar-refractivity contribution is 5.27. The molecule has 26 heavy (non-hydrogen) atoms. The van der Waals surface area contributed by atoms with Gasteiger partial charge in [-0.1, -0.05) is 12.1 Å². The Balaban J connectivity index is 1.35. The van der Waals surface area contributed by atoms with Crippen molar-refractivity contribution in [2.24, 2.45) is 12.5 Å². The van der Waals surface area contributed by atoms with Gasteiger partial charge in [-0.3, -0.25) is 14.5 Å². The lowest BCUT2D eigenvalue weighted by molar-refractivity contribution is 0.0866. The van der Waals surface area contributed by atoms with Crippen LogP contribution in [0, 0.1) is 5.41 Å². The van der Waals surface area contributed by atoms with Crippen LogP contribution in [0.25, 0.3) is 0 Å². The number of methoxy groups -OCH3 is 1. The van der Waals surface area contributed by atoms with Gasteiger partial charge in [0.2, 0.25) is 0 Å². The van der Waals surface area contributed by atoms with Gasteiger partial charge < -0.3 is 4.74 Å². The van der Waals surface area contributed by atoms with E-state index in [0.29, 0.717) is 5.41 Å². The van der Waals surface area contributed by atoms with Crippen molar-refractivity contribution < 1.29 is 4.74 Å². The van der Waals surface area contributed by atoms with Gasteiger partial charge in [-0.25, -0.2) is 0 Å². The van der Waals surface area contributed by atoms with Crippen LogP contribution in [0.4, 0.5) is 0 Å². The number of nitrogens with zero attached hydrogens (tertiary/aromatic N) is 4. The van der Waals surface area contributed by atoms with Gasteiger partial charge in [-0.05, 0) is 55.5 Å². The van der Waals surface area contributed by atoms with Crippen molar-refractivity contribution in [1.82, 2.24) is 19.6 Å². The van der Waals surface area contributed by atoms with Crippen molar-refractivity contribution in [2.75, 3.05) is 33.3 Å². The van der Waals surface area contributed by atoms with Crippen LogP contribution >= 0.6 is 0 Å². The van der Waals surface area contributed by atoms with E-state index in [2.05, 4.69) is 45.4 Å². The number of hydrogen-bond acceptors (Lipinski definition) is 4. The van der Waals surface area contributed by atoms with Crippen LogP contribution in [0.2, 0.25) is 0 Å².